The molecule has 9 nitrogen and oxygen atoms in total. The van der Waals surface area contributed by atoms with Gasteiger partial charge >= 0.3 is 0 Å². The first-order valence-electron chi connectivity index (χ1n) is 12.8. The van der Waals surface area contributed by atoms with Crippen molar-refractivity contribution in [3.8, 4) is 5.69 Å². The number of nitrogens with one attached hydrogen (secondary N) is 2. The first kappa shape index (κ1) is 22.3. The molecule has 2 saturated heterocycles. The summed E-state index contributed by atoms with van der Waals surface area (Å²) in [5, 5.41) is 18.2. The van der Waals surface area contributed by atoms with Crippen molar-refractivity contribution in [2.75, 3.05) is 30.3 Å². The van der Waals surface area contributed by atoms with Crippen LogP contribution in [-0.2, 0) is 0 Å². The molecule has 4 heterocycles. The molecule has 1 aliphatic carbocycles. The lowest BCUT2D eigenvalue weighted by Crippen LogP contribution is -2.49. The van der Waals surface area contributed by atoms with Crippen molar-refractivity contribution < 1.29 is 4.39 Å². The summed E-state index contributed by atoms with van der Waals surface area (Å²) < 4.78 is 16.7. The Balaban J connectivity index is 1.20. The molecule has 2 N–H and O–H groups in total. The van der Waals surface area contributed by atoms with Gasteiger partial charge in [0.1, 0.15) is 18.0 Å². The summed E-state index contributed by atoms with van der Waals surface area (Å²) in [5.41, 5.74) is 2.99. The highest BCUT2D eigenvalue weighted by Gasteiger charge is 2.33. The monoisotopic (exact) mass is 477 g/mol. The van der Waals surface area contributed by atoms with Crippen molar-refractivity contribution in [2.24, 2.45) is 5.92 Å². The number of nitrogens with zero attached hydrogens (tertiary/aromatic N) is 7. The van der Waals surface area contributed by atoms with E-state index in [1.54, 1.807) is 23.0 Å². The summed E-state index contributed by atoms with van der Waals surface area (Å²) >= 11 is 0. The molecule has 2 atom stereocenters. The molecular formula is C25H32FN9. The van der Waals surface area contributed by atoms with Crippen molar-refractivity contribution in [1.29, 1.82) is 0 Å². The Bertz CT molecular complexity index is 1180. The van der Waals surface area contributed by atoms with E-state index in [9.17, 15) is 0 Å². The van der Waals surface area contributed by atoms with Gasteiger partial charge in [0.2, 0.25) is 5.95 Å². The Kier molecular flexibility index (Phi) is 6.05. The molecule has 6 rings (SSSR count). The van der Waals surface area contributed by atoms with Crippen LogP contribution in [0.5, 0.6) is 0 Å². The average molecular weight is 478 g/mol. The van der Waals surface area contributed by atoms with Gasteiger partial charge in [0, 0.05) is 24.3 Å². The lowest BCUT2D eigenvalue weighted by atomic mass is 9.83. The number of fused-ring (bicyclic) bond motifs is 1. The number of aromatic nitrogens is 6. The Morgan fingerprint density at radius 3 is 2.80 bits per heavy atom. The molecule has 0 radical (unpaired) electrons. The molecule has 1 aromatic carbocycles. The van der Waals surface area contributed by atoms with Crippen LogP contribution in [0, 0.1) is 18.7 Å². The molecule has 10 heteroatoms. The highest BCUT2D eigenvalue weighted by Crippen LogP contribution is 2.44. The van der Waals surface area contributed by atoms with E-state index in [4.69, 9.17) is 4.98 Å². The third kappa shape index (κ3) is 4.71. The van der Waals surface area contributed by atoms with E-state index in [1.807, 2.05) is 6.92 Å². The first-order chi connectivity index (χ1) is 17.2. The second kappa shape index (κ2) is 9.49. The lowest BCUT2D eigenvalue weighted by molar-refractivity contribution is 0.0649. The van der Waals surface area contributed by atoms with Crippen LogP contribution >= 0.6 is 0 Å². The maximum atomic E-state index is 15.1. The minimum absolute atomic E-state index is 0.305. The zero-order valence-electron chi connectivity index (χ0n) is 20.1. The van der Waals surface area contributed by atoms with Crippen LogP contribution in [-0.4, -0.2) is 60.8 Å². The smallest absolute Gasteiger partial charge is 0.229 e. The summed E-state index contributed by atoms with van der Waals surface area (Å²) in [6.07, 6.45) is 11.9. The normalized spacial score (nSPS) is 22.6. The van der Waals surface area contributed by atoms with Gasteiger partial charge in [-0.15, -0.1) is 5.10 Å². The molecule has 2 unspecified atom stereocenters. The van der Waals surface area contributed by atoms with E-state index in [2.05, 4.69) is 36.0 Å². The van der Waals surface area contributed by atoms with E-state index in [-0.39, 0.29) is 5.82 Å². The summed E-state index contributed by atoms with van der Waals surface area (Å²) in [6.45, 7) is 5.37. The number of rotatable bonds is 7. The molecule has 2 aromatic heterocycles. The predicted molar refractivity (Wildman–Crippen MR) is 132 cm³/mol. The fourth-order valence-corrected chi connectivity index (χ4v) is 5.71. The summed E-state index contributed by atoms with van der Waals surface area (Å²) in [6, 6.07) is 4.01. The molecule has 184 valence electrons. The highest BCUT2D eigenvalue weighted by atomic mass is 19.1. The Hall–Kier alpha value is -3.14. The van der Waals surface area contributed by atoms with Crippen LogP contribution in [0.1, 0.15) is 62.0 Å². The van der Waals surface area contributed by atoms with Crippen LogP contribution in [0.3, 0.4) is 0 Å². The zero-order chi connectivity index (χ0) is 23.8. The maximum absolute atomic E-state index is 15.1. The zero-order valence-corrected chi connectivity index (χ0v) is 20.1. The van der Waals surface area contributed by atoms with Gasteiger partial charge in [0.25, 0.3) is 0 Å². The Morgan fingerprint density at radius 2 is 1.97 bits per heavy atom. The average Bonchev–Trinajstić information content (AvgIpc) is 3.58. The first-order valence-corrected chi connectivity index (χ1v) is 12.8. The van der Waals surface area contributed by atoms with E-state index >= 15 is 4.39 Å². The van der Waals surface area contributed by atoms with Crippen LogP contribution < -0.4 is 10.6 Å². The lowest BCUT2D eigenvalue weighted by Gasteiger charge is -2.44. The fraction of sp³-hybridized carbons (Fsp3) is 0.560. The van der Waals surface area contributed by atoms with Crippen LogP contribution in [0.25, 0.3) is 5.69 Å². The number of halogens is 1. The number of piperidine rings is 2. The quantitative estimate of drug-likeness (QED) is 0.523. The number of tetrazole rings is 1. The van der Waals surface area contributed by atoms with Crippen LogP contribution in [0.2, 0.25) is 0 Å². The SMILES string of the molecule is Cc1cnc(Nc2cc(-n3cnnn3)c(C3CC3)cc2F)nc1NCC1CCCN2CCCCC12. The van der Waals surface area contributed by atoms with Crippen molar-refractivity contribution in [3.05, 3.63) is 41.6 Å². The molecule has 3 aromatic rings. The number of aryl methyl sites for hydroxylation is 1. The minimum atomic E-state index is -0.331. The van der Waals surface area contributed by atoms with Gasteiger partial charge in [-0.2, -0.15) is 4.98 Å². The third-order valence-corrected chi connectivity index (χ3v) is 7.71. The molecule has 2 aliphatic heterocycles. The molecule has 0 bridgehead atoms. The van der Waals surface area contributed by atoms with Crippen molar-refractivity contribution >= 4 is 17.5 Å². The molecule has 3 aliphatic rings. The van der Waals surface area contributed by atoms with Crippen LogP contribution in [0.15, 0.2) is 24.7 Å². The van der Waals surface area contributed by atoms with E-state index in [0.29, 0.717) is 29.5 Å². The predicted octanol–water partition coefficient (Wildman–Crippen LogP) is 4.20. The fourth-order valence-electron chi connectivity index (χ4n) is 5.71. The Morgan fingerprint density at radius 1 is 1.09 bits per heavy atom. The molecule has 1 saturated carbocycles. The van der Waals surface area contributed by atoms with Gasteiger partial charge in [0.15, 0.2) is 0 Å². The third-order valence-electron chi connectivity index (χ3n) is 7.71. The molecule has 35 heavy (non-hydrogen) atoms. The molecule has 0 amide bonds. The van der Waals surface area contributed by atoms with Crippen molar-refractivity contribution in [2.45, 2.75) is 63.8 Å². The maximum Gasteiger partial charge on any atom is 0.229 e. The van der Waals surface area contributed by atoms with Gasteiger partial charge in [-0.3, -0.25) is 0 Å². The van der Waals surface area contributed by atoms with Gasteiger partial charge in [-0.1, -0.05) is 6.42 Å². The number of hydrogen-bond acceptors (Lipinski definition) is 8. The molecular weight excluding hydrogens is 445 g/mol. The van der Waals surface area contributed by atoms with Crippen molar-refractivity contribution in [3.63, 3.8) is 0 Å². The van der Waals surface area contributed by atoms with Gasteiger partial charge in [0.05, 0.1) is 11.4 Å². The van der Waals surface area contributed by atoms with Crippen molar-refractivity contribution in [1.82, 2.24) is 35.1 Å². The molecule has 0 spiro atoms. The number of hydrogen-bond donors (Lipinski definition) is 2. The largest absolute Gasteiger partial charge is 0.369 e. The van der Waals surface area contributed by atoms with Gasteiger partial charge < -0.3 is 15.5 Å². The second-order valence-electron chi connectivity index (χ2n) is 10.2. The number of benzene rings is 1. The standard InChI is InChI=1S/C25H32FN9/c1-16-13-28-25(31-24(16)27-14-18-5-4-10-34-9-3-2-6-22(18)34)30-21-12-23(35-15-29-32-33-35)19(11-20(21)26)17-7-8-17/h11-13,15,17-18,22H,2-10,14H2,1H3,(H2,27,28,30,31). The number of anilines is 3. The van der Waals surface area contributed by atoms with E-state index < -0.39 is 0 Å². The molecule has 3 fully saturated rings. The van der Waals surface area contributed by atoms with E-state index in [1.165, 1.54) is 51.5 Å². The van der Waals surface area contributed by atoms with Gasteiger partial charge in [-0.05, 0) is 98.5 Å². The second-order valence-corrected chi connectivity index (χ2v) is 10.2. The Labute approximate surface area is 204 Å². The summed E-state index contributed by atoms with van der Waals surface area (Å²) in [5.74, 6) is 1.81. The van der Waals surface area contributed by atoms with Gasteiger partial charge in [-0.25, -0.2) is 14.1 Å². The minimum Gasteiger partial charge on any atom is -0.369 e. The summed E-state index contributed by atoms with van der Waals surface area (Å²) in [7, 11) is 0. The van der Waals surface area contributed by atoms with E-state index in [0.717, 1.165) is 42.0 Å². The summed E-state index contributed by atoms with van der Waals surface area (Å²) in [4.78, 5) is 11.8. The topological polar surface area (TPSA) is 96.7 Å². The highest BCUT2D eigenvalue weighted by molar-refractivity contribution is 5.63. The van der Waals surface area contributed by atoms with Crippen LogP contribution in [0.4, 0.5) is 21.8 Å².